The van der Waals surface area contributed by atoms with Crippen LogP contribution in [0.2, 0.25) is 0 Å². The highest BCUT2D eigenvalue weighted by Crippen LogP contribution is 2.25. The summed E-state index contributed by atoms with van der Waals surface area (Å²) in [5, 5.41) is 7.57. The Labute approximate surface area is 143 Å². The molecular formula is C18H26N4O2. The molecule has 0 aliphatic heterocycles. The van der Waals surface area contributed by atoms with Gasteiger partial charge in [-0.2, -0.15) is 9.78 Å². The van der Waals surface area contributed by atoms with Crippen molar-refractivity contribution in [1.82, 2.24) is 14.8 Å². The van der Waals surface area contributed by atoms with Gasteiger partial charge in [0.2, 0.25) is 5.91 Å². The van der Waals surface area contributed by atoms with E-state index < -0.39 is 0 Å². The molecule has 0 aromatic carbocycles. The second-order valence-electron chi connectivity index (χ2n) is 6.61. The second-order valence-corrected chi connectivity index (χ2v) is 6.61. The van der Waals surface area contributed by atoms with Crippen molar-refractivity contribution in [3.05, 3.63) is 36.2 Å². The van der Waals surface area contributed by atoms with Gasteiger partial charge in [0.25, 0.3) is 0 Å². The zero-order chi connectivity index (χ0) is 17.6. The van der Waals surface area contributed by atoms with Gasteiger partial charge < -0.3 is 10.1 Å². The maximum Gasteiger partial charge on any atom is 0.225 e. The van der Waals surface area contributed by atoms with Gasteiger partial charge in [-0.3, -0.25) is 4.79 Å². The molecule has 0 saturated heterocycles. The van der Waals surface area contributed by atoms with Crippen LogP contribution in [0.15, 0.2) is 30.5 Å². The van der Waals surface area contributed by atoms with E-state index >= 15 is 0 Å². The predicted octanol–water partition coefficient (Wildman–Crippen LogP) is 3.32. The van der Waals surface area contributed by atoms with E-state index in [0.717, 1.165) is 5.69 Å². The van der Waals surface area contributed by atoms with Crippen LogP contribution in [0.1, 0.15) is 46.2 Å². The van der Waals surface area contributed by atoms with E-state index in [2.05, 4.69) is 36.2 Å². The van der Waals surface area contributed by atoms with Gasteiger partial charge in [-0.25, -0.2) is 4.98 Å². The summed E-state index contributed by atoms with van der Waals surface area (Å²) in [5.41, 5.74) is 0.784. The Hall–Kier alpha value is -2.21. The van der Waals surface area contributed by atoms with Crippen LogP contribution in [0.5, 0.6) is 0 Å². The molecule has 1 amide bonds. The molecular weight excluding hydrogens is 304 g/mol. The molecule has 1 N–H and O–H groups in total. The van der Waals surface area contributed by atoms with Crippen LogP contribution in [0.25, 0.3) is 5.82 Å². The Bertz CT molecular complexity index is 659. The number of carbonyl (C=O) groups excluding carboxylic acids is 1. The first-order valence-electron chi connectivity index (χ1n) is 8.31. The molecule has 24 heavy (non-hydrogen) atoms. The molecule has 0 radical (unpaired) electrons. The lowest BCUT2D eigenvalue weighted by molar-refractivity contribution is -0.116. The van der Waals surface area contributed by atoms with Crippen LogP contribution in [0, 0.1) is 0 Å². The fraction of sp³-hybridized carbons (Fsp3) is 0.500. The number of rotatable bonds is 7. The van der Waals surface area contributed by atoms with Gasteiger partial charge in [-0.05, 0) is 25.5 Å². The molecule has 2 aromatic heterocycles. The van der Waals surface area contributed by atoms with Crippen molar-refractivity contribution in [2.24, 2.45) is 0 Å². The van der Waals surface area contributed by atoms with E-state index in [9.17, 15) is 4.79 Å². The number of amides is 1. The van der Waals surface area contributed by atoms with Gasteiger partial charge >= 0.3 is 0 Å². The van der Waals surface area contributed by atoms with Gasteiger partial charge in [0.1, 0.15) is 5.82 Å². The van der Waals surface area contributed by atoms with Crippen LogP contribution in [-0.2, 0) is 14.9 Å². The Morgan fingerprint density at radius 3 is 2.75 bits per heavy atom. The molecule has 6 nitrogen and oxygen atoms in total. The predicted molar refractivity (Wildman–Crippen MR) is 94.4 cm³/mol. The highest BCUT2D eigenvalue weighted by Gasteiger charge is 2.21. The third-order valence-electron chi connectivity index (χ3n) is 3.51. The number of anilines is 1. The minimum absolute atomic E-state index is 0.0488. The normalized spacial score (nSPS) is 11.5. The molecule has 0 spiro atoms. The van der Waals surface area contributed by atoms with Crippen molar-refractivity contribution < 1.29 is 9.53 Å². The average Bonchev–Trinajstić information content (AvgIpc) is 2.96. The van der Waals surface area contributed by atoms with Crippen molar-refractivity contribution in [3.63, 3.8) is 0 Å². The van der Waals surface area contributed by atoms with Crippen LogP contribution in [0.3, 0.4) is 0 Å². The lowest BCUT2D eigenvalue weighted by Crippen LogP contribution is -2.16. The summed E-state index contributed by atoms with van der Waals surface area (Å²) in [4.78, 5) is 16.5. The zero-order valence-electron chi connectivity index (χ0n) is 14.9. The summed E-state index contributed by atoms with van der Waals surface area (Å²) in [6.07, 6.45) is 2.82. The second kappa shape index (κ2) is 8.06. The summed E-state index contributed by atoms with van der Waals surface area (Å²) in [7, 11) is 0. The Kier molecular flexibility index (Phi) is 6.09. The quantitative estimate of drug-likeness (QED) is 0.791. The van der Waals surface area contributed by atoms with Crippen molar-refractivity contribution >= 4 is 11.7 Å². The van der Waals surface area contributed by atoms with Crippen LogP contribution >= 0.6 is 0 Å². The number of ether oxygens (including phenoxy) is 1. The molecule has 0 unspecified atom stereocenters. The highest BCUT2D eigenvalue weighted by atomic mass is 16.5. The van der Waals surface area contributed by atoms with Crippen molar-refractivity contribution in [2.45, 2.75) is 46.0 Å². The van der Waals surface area contributed by atoms with E-state index in [4.69, 9.17) is 4.74 Å². The number of hydrogen-bond donors (Lipinski definition) is 1. The van der Waals surface area contributed by atoms with E-state index in [1.54, 1.807) is 10.9 Å². The molecule has 6 heteroatoms. The van der Waals surface area contributed by atoms with E-state index in [1.165, 1.54) is 0 Å². The minimum atomic E-state index is -0.117. The van der Waals surface area contributed by atoms with Gasteiger partial charge in [-0.1, -0.05) is 26.8 Å². The number of pyridine rings is 1. The SMILES string of the molecule is CCOCCCC(=O)Nc1cc(C(C)(C)C)nn1-c1ccccn1. The fourth-order valence-corrected chi connectivity index (χ4v) is 2.17. The molecule has 0 atom stereocenters. The van der Waals surface area contributed by atoms with Crippen molar-refractivity contribution in [2.75, 3.05) is 18.5 Å². The maximum absolute atomic E-state index is 12.2. The first kappa shape index (κ1) is 18.1. The van der Waals surface area contributed by atoms with Crippen molar-refractivity contribution in [1.29, 1.82) is 0 Å². The Morgan fingerprint density at radius 2 is 2.12 bits per heavy atom. The minimum Gasteiger partial charge on any atom is -0.382 e. The third kappa shape index (κ3) is 4.89. The third-order valence-corrected chi connectivity index (χ3v) is 3.51. The average molecular weight is 330 g/mol. The largest absolute Gasteiger partial charge is 0.382 e. The summed E-state index contributed by atoms with van der Waals surface area (Å²) in [5.74, 6) is 1.27. The molecule has 0 bridgehead atoms. The van der Waals surface area contributed by atoms with Gasteiger partial charge in [0.05, 0.1) is 5.69 Å². The molecule has 2 aromatic rings. The summed E-state index contributed by atoms with van der Waals surface area (Å²) in [6.45, 7) is 9.47. The number of hydrogen-bond acceptors (Lipinski definition) is 4. The first-order chi connectivity index (χ1) is 11.4. The number of nitrogens with one attached hydrogen (secondary N) is 1. The lowest BCUT2D eigenvalue weighted by Gasteiger charge is -2.13. The molecule has 130 valence electrons. The topological polar surface area (TPSA) is 69.0 Å². The molecule has 2 rings (SSSR count). The molecule has 2 heterocycles. The summed E-state index contributed by atoms with van der Waals surface area (Å²) >= 11 is 0. The fourth-order valence-electron chi connectivity index (χ4n) is 2.17. The monoisotopic (exact) mass is 330 g/mol. The van der Waals surface area contributed by atoms with E-state index in [-0.39, 0.29) is 11.3 Å². The molecule has 0 fully saturated rings. The van der Waals surface area contributed by atoms with Crippen LogP contribution in [0.4, 0.5) is 5.82 Å². The lowest BCUT2D eigenvalue weighted by atomic mass is 9.92. The van der Waals surface area contributed by atoms with Crippen LogP contribution in [-0.4, -0.2) is 33.9 Å². The highest BCUT2D eigenvalue weighted by molar-refractivity contribution is 5.90. The number of carbonyl (C=O) groups is 1. The zero-order valence-corrected chi connectivity index (χ0v) is 14.9. The standard InChI is InChI=1S/C18H26N4O2/c1-5-24-12-8-10-17(23)20-16-13-14(18(2,3)4)21-22(16)15-9-6-7-11-19-15/h6-7,9,11,13H,5,8,10,12H2,1-4H3,(H,20,23). The molecule has 0 saturated carbocycles. The molecule has 0 aliphatic carbocycles. The van der Waals surface area contributed by atoms with Crippen molar-refractivity contribution in [3.8, 4) is 5.82 Å². The smallest absolute Gasteiger partial charge is 0.225 e. The van der Waals surface area contributed by atoms with Gasteiger partial charge in [0.15, 0.2) is 5.82 Å². The summed E-state index contributed by atoms with van der Waals surface area (Å²) in [6, 6.07) is 7.53. The Morgan fingerprint density at radius 1 is 1.33 bits per heavy atom. The number of aromatic nitrogens is 3. The van der Waals surface area contributed by atoms with E-state index in [0.29, 0.717) is 37.7 Å². The first-order valence-corrected chi connectivity index (χ1v) is 8.31. The van der Waals surface area contributed by atoms with E-state index in [1.807, 2.05) is 31.2 Å². The van der Waals surface area contributed by atoms with Gasteiger partial charge in [0, 0.05) is 37.3 Å². The van der Waals surface area contributed by atoms with Crippen LogP contribution < -0.4 is 5.32 Å². The maximum atomic E-state index is 12.2. The summed E-state index contributed by atoms with van der Waals surface area (Å²) < 4.78 is 6.95. The Balaban J connectivity index is 2.18. The van der Waals surface area contributed by atoms with Gasteiger partial charge in [-0.15, -0.1) is 0 Å². The number of nitrogens with zero attached hydrogens (tertiary/aromatic N) is 3. The molecule has 0 aliphatic rings.